The highest BCUT2D eigenvalue weighted by molar-refractivity contribution is 9.10. The molecule has 0 atom stereocenters. The third-order valence-corrected chi connectivity index (χ3v) is 5.10. The van der Waals surface area contributed by atoms with Crippen molar-refractivity contribution in [2.24, 2.45) is 0 Å². The van der Waals surface area contributed by atoms with Crippen molar-refractivity contribution < 1.29 is 9.53 Å². The van der Waals surface area contributed by atoms with Crippen LogP contribution >= 0.6 is 15.9 Å². The van der Waals surface area contributed by atoms with E-state index in [9.17, 15) is 4.79 Å². The van der Waals surface area contributed by atoms with Crippen LogP contribution in [0.4, 0.5) is 11.4 Å². The van der Waals surface area contributed by atoms with Gasteiger partial charge >= 0.3 is 0 Å². The Morgan fingerprint density at radius 2 is 1.81 bits per heavy atom. The molecule has 0 aromatic heterocycles. The molecule has 1 heterocycles. The molecule has 142 valence electrons. The first-order chi connectivity index (χ1) is 13.0. The van der Waals surface area contributed by atoms with Crippen molar-refractivity contribution in [3.63, 3.8) is 0 Å². The number of likely N-dealkylation sites (N-methyl/N-ethyl adjacent to an activating group) is 1. The summed E-state index contributed by atoms with van der Waals surface area (Å²) in [4.78, 5) is 16.9. The monoisotopic (exact) mass is 429 g/mol. The van der Waals surface area contributed by atoms with Crippen LogP contribution in [-0.2, 0) is 4.79 Å². The average molecular weight is 430 g/mol. The van der Waals surface area contributed by atoms with Gasteiger partial charge in [-0.1, -0.05) is 15.9 Å². The lowest BCUT2D eigenvalue weighted by molar-refractivity contribution is -0.111. The number of nitrogens with zero attached hydrogens (tertiary/aromatic N) is 2. The Bertz CT molecular complexity index is 813. The van der Waals surface area contributed by atoms with E-state index in [0.29, 0.717) is 0 Å². The SMILES string of the molecule is COc1ccc(Br)cc1C=CC(=O)Nc1ccc(N2CCN(C)CC2)cc1. The summed E-state index contributed by atoms with van der Waals surface area (Å²) >= 11 is 3.43. The van der Waals surface area contributed by atoms with E-state index in [1.807, 2.05) is 30.3 Å². The molecule has 2 aromatic carbocycles. The van der Waals surface area contributed by atoms with Gasteiger partial charge in [0, 0.05) is 53.7 Å². The quantitative estimate of drug-likeness (QED) is 0.732. The largest absolute Gasteiger partial charge is 0.496 e. The van der Waals surface area contributed by atoms with Crippen molar-refractivity contribution in [3.8, 4) is 5.75 Å². The maximum Gasteiger partial charge on any atom is 0.248 e. The van der Waals surface area contributed by atoms with Gasteiger partial charge in [0.1, 0.15) is 5.75 Å². The maximum atomic E-state index is 12.2. The van der Waals surface area contributed by atoms with Crippen LogP contribution in [0.1, 0.15) is 5.56 Å². The molecule has 3 rings (SSSR count). The normalized spacial score (nSPS) is 15.1. The van der Waals surface area contributed by atoms with Crippen molar-refractivity contribution in [2.45, 2.75) is 0 Å². The van der Waals surface area contributed by atoms with E-state index in [1.54, 1.807) is 13.2 Å². The third-order valence-electron chi connectivity index (χ3n) is 4.61. The van der Waals surface area contributed by atoms with Gasteiger partial charge in [-0.3, -0.25) is 4.79 Å². The van der Waals surface area contributed by atoms with Gasteiger partial charge in [0.2, 0.25) is 5.91 Å². The highest BCUT2D eigenvalue weighted by Gasteiger charge is 2.14. The number of amides is 1. The van der Waals surface area contributed by atoms with E-state index in [0.717, 1.165) is 47.7 Å². The van der Waals surface area contributed by atoms with Crippen LogP contribution in [0.25, 0.3) is 6.08 Å². The first-order valence-corrected chi connectivity index (χ1v) is 9.70. The van der Waals surface area contributed by atoms with Gasteiger partial charge in [-0.25, -0.2) is 0 Å². The molecule has 27 heavy (non-hydrogen) atoms. The van der Waals surface area contributed by atoms with Gasteiger partial charge in [-0.05, 0) is 55.6 Å². The summed E-state index contributed by atoms with van der Waals surface area (Å²) in [6.07, 6.45) is 3.26. The topological polar surface area (TPSA) is 44.8 Å². The van der Waals surface area contributed by atoms with Crippen molar-refractivity contribution in [1.29, 1.82) is 0 Å². The molecule has 0 unspecified atom stereocenters. The van der Waals surface area contributed by atoms with Crippen LogP contribution in [0.2, 0.25) is 0 Å². The summed E-state index contributed by atoms with van der Waals surface area (Å²) in [5.74, 6) is 0.545. The highest BCUT2D eigenvalue weighted by Crippen LogP contribution is 2.24. The third kappa shape index (κ3) is 5.34. The van der Waals surface area contributed by atoms with Crippen LogP contribution in [-0.4, -0.2) is 51.1 Å². The van der Waals surface area contributed by atoms with E-state index >= 15 is 0 Å². The van der Waals surface area contributed by atoms with E-state index in [-0.39, 0.29) is 5.91 Å². The summed E-state index contributed by atoms with van der Waals surface area (Å²) in [7, 11) is 3.76. The fourth-order valence-corrected chi connectivity index (χ4v) is 3.38. The minimum absolute atomic E-state index is 0.177. The van der Waals surface area contributed by atoms with Crippen molar-refractivity contribution in [2.75, 3.05) is 50.6 Å². The zero-order valence-corrected chi connectivity index (χ0v) is 17.2. The van der Waals surface area contributed by atoms with Crippen LogP contribution < -0.4 is 15.0 Å². The molecule has 0 aliphatic carbocycles. The number of carbonyl (C=O) groups excluding carboxylic acids is 1. The number of hydrogen-bond acceptors (Lipinski definition) is 4. The number of rotatable bonds is 5. The molecule has 0 radical (unpaired) electrons. The number of piperazine rings is 1. The Balaban J connectivity index is 1.60. The number of hydrogen-bond donors (Lipinski definition) is 1. The molecule has 6 heteroatoms. The number of nitrogens with one attached hydrogen (secondary N) is 1. The Labute approximate surface area is 168 Å². The van der Waals surface area contributed by atoms with E-state index in [2.05, 4.69) is 50.2 Å². The number of anilines is 2. The predicted molar refractivity (Wildman–Crippen MR) is 115 cm³/mol. The van der Waals surface area contributed by atoms with Gasteiger partial charge in [-0.2, -0.15) is 0 Å². The number of benzene rings is 2. The minimum Gasteiger partial charge on any atom is -0.496 e. The molecule has 2 aromatic rings. The van der Waals surface area contributed by atoms with Crippen molar-refractivity contribution in [3.05, 3.63) is 58.6 Å². The Hall–Kier alpha value is -2.31. The molecule has 1 aliphatic heterocycles. The Morgan fingerprint density at radius 1 is 1.11 bits per heavy atom. The number of methoxy groups -OCH3 is 1. The van der Waals surface area contributed by atoms with E-state index in [1.165, 1.54) is 11.8 Å². The molecule has 0 bridgehead atoms. The summed E-state index contributed by atoms with van der Waals surface area (Å²) in [6, 6.07) is 13.7. The molecule has 1 aliphatic rings. The van der Waals surface area contributed by atoms with Gasteiger partial charge in [0.05, 0.1) is 7.11 Å². The lowest BCUT2D eigenvalue weighted by atomic mass is 10.2. The first-order valence-electron chi connectivity index (χ1n) is 8.91. The van der Waals surface area contributed by atoms with Gasteiger partial charge in [0.15, 0.2) is 0 Å². The molecule has 1 N–H and O–H groups in total. The number of carbonyl (C=O) groups is 1. The second-order valence-electron chi connectivity index (χ2n) is 6.55. The second-order valence-corrected chi connectivity index (χ2v) is 7.46. The van der Waals surface area contributed by atoms with Gasteiger partial charge in [-0.15, -0.1) is 0 Å². The summed E-state index contributed by atoms with van der Waals surface area (Å²) in [5.41, 5.74) is 2.81. The fraction of sp³-hybridized carbons (Fsp3) is 0.286. The Morgan fingerprint density at radius 3 is 2.48 bits per heavy atom. The predicted octanol–water partition coefficient (Wildman–Crippen LogP) is 3.86. The highest BCUT2D eigenvalue weighted by atomic mass is 79.9. The van der Waals surface area contributed by atoms with Crippen LogP contribution in [0.3, 0.4) is 0 Å². The molecule has 0 saturated carbocycles. The zero-order chi connectivity index (χ0) is 19.2. The van der Waals surface area contributed by atoms with E-state index in [4.69, 9.17) is 4.74 Å². The molecule has 1 saturated heterocycles. The average Bonchev–Trinajstić information content (AvgIpc) is 2.68. The lowest BCUT2D eigenvalue weighted by Gasteiger charge is -2.34. The molecule has 1 fully saturated rings. The van der Waals surface area contributed by atoms with E-state index < -0.39 is 0 Å². The standard InChI is InChI=1S/C21H24BrN3O2/c1-24-11-13-25(14-12-24)19-7-5-18(6-8-19)23-21(26)10-3-16-15-17(22)4-9-20(16)27-2/h3-10,15H,11-14H2,1-2H3,(H,23,26). The van der Waals surface area contributed by atoms with Gasteiger partial charge < -0.3 is 19.9 Å². The molecular formula is C21H24BrN3O2. The number of ether oxygens (including phenoxy) is 1. The van der Waals surface area contributed by atoms with Crippen LogP contribution in [0, 0.1) is 0 Å². The summed E-state index contributed by atoms with van der Waals surface area (Å²) < 4.78 is 6.25. The summed E-state index contributed by atoms with van der Waals surface area (Å²) in [5, 5.41) is 2.90. The molecular weight excluding hydrogens is 406 g/mol. The maximum absolute atomic E-state index is 12.2. The van der Waals surface area contributed by atoms with Crippen molar-refractivity contribution in [1.82, 2.24) is 4.90 Å². The minimum atomic E-state index is -0.177. The first kappa shape index (κ1) is 19.5. The molecule has 1 amide bonds. The van der Waals surface area contributed by atoms with Crippen LogP contribution in [0.5, 0.6) is 5.75 Å². The molecule has 5 nitrogen and oxygen atoms in total. The van der Waals surface area contributed by atoms with Crippen LogP contribution in [0.15, 0.2) is 53.0 Å². The second kappa shape index (κ2) is 9.06. The van der Waals surface area contributed by atoms with Crippen molar-refractivity contribution >= 4 is 39.3 Å². The smallest absolute Gasteiger partial charge is 0.248 e. The summed E-state index contributed by atoms with van der Waals surface area (Å²) in [6.45, 7) is 4.20. The molecule has 0 spiro atoms. The van der Waals surface area contributed by atoms with Gasteiger partial charge in [0.25, 0.3) is 0 Å². The fourth-order valence-electron chi connectivity index (χ4n) is 3.01. The lowest BCUT2D eigenvalue weighted by Crippen LogP contribution is -2.44. The number of halogens is 1. The Kier molecular flexibility index (Phi) is 6.53. The zero-order valence-electron chi connectivity index (χ0n) is 15.6.